The molecule has 0 bridgehead atoms. The van der Waals surface area contributed by atoms with Gasteiger partial charge in [-0.25, -0.2) is 14.6 Å². The molecule has 0 aliphatic heterocycles. The molecular weight excluding hydrogens is 496 g/mol. The van der Waals surface area contributed by atoms with Crippen LogP contribution in [0.15, 0.2) is 47.1 Å². The van der Waals surface area contributed by atoms with Gasteiger partial charge in [-0.05, 0) is 72.2 Å². The zero-order chi connectivity index (χ0) is 24.0. The lowest BCUT2D eigenvalue weighted by molar-refractivity contribution is -0.143. The first-order valence-electron chi connectivity index (χ1n) is 9.88. The van der Waals surface area contributed by atoms with Crippen LogP contribution in [0, 0.1) is 0 Å². The largest absolute Gasteiger partial charge is 0.467 e. The van der Waals surface area contributed by atoms with Crippen molar-refractivity contribution >= 4 is 28.0 Å². The van der Waals surface area contributed by atoms with Gasteiger partial charge >= 0.3 is 12.1 Å². The summed E-state index contributed by atoms with van der Waals surface area (Å²) in [5.41, 5.74) is -0.0284. The Morgan fingerprint density at radius 1 is 1.15 bits per heavy atom. The third kappa shape index (κ3) is 7.24. The molecule has 1 atom stereocenters. The van der Waals surface area contributed by atoms with E-state index in [9.17, 15) is 9.59 Å². The SMILES string of the molecule is COC(=O)C(Cn1nnc(-c2ccc(Oc3ccc(Br)cn3)cc2)n1)NC(=O)OC(C)(C)C. The molecule has 1 amide bonds. The van der Waals surface area contributed by atoms with Crippen LogP contribution in [0.3, 0.4) is 0 Å². The summed E-state index contributed by atoms with van der Waals surface area (Å²) in [6, 6.07) is 9.56. The molecule has 0 saturated carbocycles. The summed E-state index contributed by atoms with van der Waals surface area (Å²) in [4.78, 5) is 29.5. The minimum Gasteiger partial charge on any atom is -0.467 e. The highest BCUT2D eigenvalue weighted by atomic mass is 79.9. The van der Waals surface area contributed by atoms with Gasteiger partial charge in [-0.15, -0.1) is 10.2 Å². The van der Waals surface area contributed by atoms with E-state index in [1.807, 2.05) is 6.07 Å². The number of halogens is 1. The number of methoxy groups -OCH3 is 1. The van der Waals surface area contributed by atoms with Gasteiger partial charge in [-0.3, -0.25) is 0 Å². The first-order valence-corrected chi connectivity index (χ1v) is 10.7. The first kappa shape index (κ1) is 24.1. The Kier molecular flexibility index (Phi) is 7.59. The normalized spacial score (nSPS) is 12.0. The van der Waals surface area contributed by atoms with Gasteiger partial charge in [0.25, 0.3) is 0 Å². The van der Waals surface area contributed by atoms with E-state index in [-0.39, 0.29) is 6.54 Å². The molecule has 1 N–H and O–H groups in total. The molecule has 11 nitrogen and oxygen atoms in total. The second-order valence-corrected chi connectivity index (χ2v) is 8.75. The van der Waals surface area contributed by atoms with Crippen molar-refractivity contribution in [2.75, 3.05) is 7.11 Å². The van der Waals surface area contributed by atoms with Crippen molar-refractivity contribution in [3.05, 3.63) is 47.1 Å². The average Bonchev–Trinajstić information content (AvgIpc) is 3.22. The van der Waals surface area contributed by atoms with E-state index < -0.39 is 23.7 Å². The quantitative estimate of drug-likeness (QED) is 0.467. The number of nitrogens with one attached hydrogen (secondary N) is 1. The van der Waals surface area contributed by atoms with Crippen LogP contribution in [0.5, 0.6) is 11.6 Å². The molecule has 0 radical (unpaired) electrons. The first-order chi connectivity index (χ1) is 15.6. The molecule has 0 aliphatic carbocycles. The van der Waals surface area contributed by atoms with Crippen molar-refractivity contribution in [3.63, 3.8) is 0 Å². The molecule has 33 heavy (non-hydrogen) atoms. The molecule has 0 saturated heterocycles. The number of rotatable bonds is 7. The number of esters is 1. The van der Waals surface area contributed by atoms with E-state index in [1.54, 1.807) is 57.3 Å². The topological polar surface area (TPSA) is 130 Å². The number of ether oxygens (including phenoxy) is 3. The smallest absolute Gasteiger partial charge is 0.408 e. The molecule has 2 heterocycles. The summed E-state index contributed by atoms with van der Waals surface area (Å²) in [6.45, 7) is 5.07. The number of amides is 1. The van der Waals surface area contributed by atoms with Crippen molar-refractivity contribution in [1.29, 1.82) is 0 Å². The number of carbonyl (C=O) groups is 2. The monoisotopic (exact) mass is 518 g/mol. The van der Waals surface area contributed by atoms with Gasteiger partial charge < -0.3 is 19.5 Å². The van der Waals surface area contributed by atoms with Gasteiger partial charge in [0.15, 0.2) is 6.04 Å². The fourth-order valence-corrected chi connectivity index (χ4v) is 2.82. The summed E-state index contributed by atoms with van der Waals surface area (Å²) in [5, 5.41) is 14.7. The number of benzene rings is 1. The number of carbonyl (C=O) groups excluding carboxylic acids is 2. The molecule has 12 heteroatoms. The Morgan fingerprint density at radius 3 is 2.48 bits per heavy atom. The average molecular weight is 519 g/mol. The predicted octanol–water partition coefficient (Wildman–Crippen LogP) is 3.36. The lowest BCUT2D eigenvalue weighted by Gasteiger charge is -2.22. The van der Waals surface area contributed by atoms with Gasteiger partial charge in [-0.2, -0.15) is 4.80 Å². The molecule has 1 unspecified atom stereocenters. The van der Waals surface area contributed by atoms with Crippen molar-refractivity contribution in [2.24, 2.45) is 0 Å². The summed E-state index contributed by atoms with van der Waals surface area (Å²) in [5.74, 6) is 0.724. The Bertz CT molecular complexity index is 1100. The number of pyridine rings is 1. The fraction of sp³-hybridized carbons (Fsp3) is 0.333. The van der Waals surface area contributed by atoms with Crippen LogP contribution in [-0.2, 0) is 20.8 Å². The Morgan fingerprint density at radius 2 is 1.88 bits per heavy atom. The number of tetrazole rings is 1. The van der Waals surface area contributed by atoms with Crippen molar-refractivity contribution in [2.45, 2.75) is 39.0 Å². The van der Waals surface area contributed by atoms with Crippen molar-refractivity contribution in [3.8, 4) is 23.0 Å². The minimum absolute atomic E-state index is 0.0879. The summed E-state index contributed by atoms with van der Waals surface area (Å²) in [7, 11) is 1.22. The third-order valence-corrected chi connectivity index (χ3v) is 4.48. The van der Waals surface area contributed by atoms with Crippen LogP contribution in [0.2, 0.25) is 0 Å². The van der Waals surface area contributed by atoms with E-state index in [1.165, 1.54) is 11.9 Å². The molecule has 174 valence electrons. The van der Waals surface area contributed by atoms with Gasteiger partial charge in [0.1, 0.15) is 11.4 Å². The number of hydrogen-bond donors (Lipinski definition) is 1. The lowest BCUT2D eigenvalue weighted by Crippen LogP contribution is -2.46. The maximum atomic E-state index is 12.1. The van der Waals surface area contributed by atoms with Gasteiger partial charge in [0.05, 0.1) is 13.7 Å². The number of alkyl carbamates (subject to hydrolysis) is 1. The summed E-state index contributed by atoms with van der Waals surface area (Å²) < 4.78 is 16.5. The minimum atomic E-state index is -1.05. The molecule has 3 rings (SSSR count). The maximum absolute atomic E-state index is 12.1. The summed E-state index contributed by atoms with van der Waals surface area (Å²) >= 11 is 3.33. The van der Waals surface area contributed by atoms with Crippen LogP contribution in [0.1, 0.15) is 20.8 Å². The zero-order valence-electron chi connectivity index (χ0n) is 18.5. The molecule has 2 aromatic heterocycles. The van der Waals surface area contributed by atoms with E-state index >= 15 is 0 Å². The summed E-state index contributed by atoms with van der Waals surface area (Å²) in [6.07, 6.45) is 0.889. The molecule has 3 aromatic rings. The molecule has 0 aliphatic rings. The molecule has 1 aromatic carbocycles. The van der Waals surface area contributed by atoms with Crippen LogP contribution < -0.4 is 10.1 Å². The second kappa shape index (κ2) is 10.4. The number of nitrogens with zero attached hydrogens (tertiary/aromatic N) is 5. The molecular formula is C21H23BrN6O5. The Hall–Kier alpha value is -3.54. The Labute approximate surface area is 198 Å². The van der Waals surface area contributed by atoms with Gasteiger partial charge in [0.2, 0.25) is 11.7 Å². The standard InChI is InChI=1S/C21H23BrN6O5/c1-21(2,3)33-20(30)24-16(19(29)31-4)12-28-26-18(25-27-28)13-5-8-15(9-6-13)32-17-10-7-14(22)11-23-17/h5-11,16H,12H2,1-4H3,(H,24,30). The highest BCUT2D eigenvalue weighted by Gasteiger charge is 2.26. The zero-order valence-corrected chi connectivity index (χ0v) is 20.1. The van der Waals surface area contributed by atoms with Gasteiger partial charge in [-0.1, -0.05) is 0 Å². The highest BCUT2D eigenvalue weighted by molar-refractivity contribution is 9.10. The number of hydrogen-bond acceptors (Lipinski definition) is 9. The van der Waals surface area contributed by atoms with Crippen LogP contribution in [0.4, 0.5) is 4.79 Å². The van der Waals surface area contributed by atoms with Crippen molar-refractivity contribution < 1.29 is 23.8 Å². The van der Waals surface area contributed by atoms with E-state index in [2.05, 4.69) is 41.6 Å². The highest BCUT2D eigenvalue weighted by Crippen LogP contribution is 2.23. The van der Waals surface area contributed by atoms with Gasteiger partial charge in [0, 0.05) is 22.3 Å². The second-order valence-electron chi connectivity index (χ2n) is 7.83. The number of aromatic nitrogens is 5. The van der Waals surface area contributed by atoms with Crippen LogP contribution in [0.25, 0.3) is 11.4 Å². The Balaban J connectivity index is 1.66. The predicted molar refractivity (Wildman–Crippen MR) is 120 cm³/mol. The maximum Gasteiger partial charge on any atom is 0.408 e. The lowest BCUT2D eigenvalue weighted by atomic mass is 10.2. The third-order valence-electron chi connectivity index (χ3n) is 4.01. The molecule has 0 fully saturated rings. The van der Waals surface area contributed by atoms with Crippen molar-refractivity contribution in [1.82, 2.24) is 30.5 Å². The van der Waals surface area contributed by atoms with E-state index in [0.29, 0.717) is 23.0 Å². The molecule has 0 spiro atoms. The van der Waals surface area contributed by atoms with Crippen LogP contribution >= 0.6 is 15.9 Å². The van der Waals surface area contributed by atoms with E-state index in [0.717, 1.165) is 4.47 Å². The van der Waals surface area contributed by atoms with E-state index in [4.69, 9.17) is 14.2 Å². The fourth-order valence-electron chi connectivity index (χ4n) is 2.59. The van der Waals surface area contributed by atoms with Crippen LogP contribution in [-0.4, -0.2) is 56.0 Å².